The fraction of sp³-hybridized carbons (Fsp3) is 0.171. The molecule has 5 aromatic carbocycles. The summed E-state index contributed by atoms with van der Waals surface area (Å²) in [7, 11) is -9.78. The predicted molar refractivity (Wildman–Crippen MR) is 178 cm³/mol. The Kier molecular flexibility index (Phi) is 7.12. The minimum atomic E-state index is -4.99. The zero-order valence-electron chi connectivity index (χ0n) is 25.6. The van der Waals surface area contributed by atoms with Gasteiger partial charge in [0.1, 0.15) is 41.0 Å². The number of nitro benzene ring substituents is 1. The SMILES string of the molecule is O=[N+]([O-])c1ccc(Oc2ccc3c4c(ccc3c2)C(c2ccc(S(=O)(=O)O)cc2S(=O)(=O)O)=c2cc3c5c(c2O4)CCC[N+]=5CCC3)cc1. The molecule has 49 heavy (non-hydrogen) atoms. The lowest BCUT2D eigenvalue weighted by Gasteiger charge is -2.27. The van der Waals surface area contributed by atoms with E-state index in [1.54, 1.807) is 24.3 Å². The molecule has 3 aliphatic rings. The van der Waals surface area contributed by atoms with Gasteiger partial charge in [0.2, 0.25) is 5.36 Å². The molecule has 0 saturated heterocycles. The number of aryl methyl sites for hydroxylation is 1. The van der Waals surface area contributed by atoms with Crippen molar-refractivity contribution in [2.24, 2.45) is 0 Å². The van der Waals surface area contributed by atoms with E-state index in [0.717, 1.165) is 72.8 Å². The molecule has 0 spiro atoms. The number of nitrogens with zero attached hydrogens (tertiary/aromatic N) is 2. The number of non-ortho nitro benzene ring substituents is 1. The van der Waals surface area contributed by atoms with E-state index in [4.69, 9.17) is 9.47 Å². The molecule has 3 heterocycles. The van der Waals surface area contributed by atoms with Crippen LogP contribution >= 0.6 is 0 Å². The number of hydrogen-bond acceptors (Lipinski definition) is 8. The predicted octanol–water partition coefficient (Wildman–Crippen LogP) is 4.77. The van der Waals surface area contributed by atoms with Crippen molar-refractivity contribution >= 4 is 42.3 Å². The normalized spacial score (nSPS) is 15.2. The van der Waals surface area contributed by atoms with Crippen molar-refractivity contribution in [1.29, 1.82) is 0 Å². The van der Waals surface area contributed by atoms with Crippen LogP contribution < -0.4 is 24.6 Å². The second-order valence-corrected chi connectivity index (χ2v) is 15.0. The summed E-state index contributed by atoms with van der Waals surface area (Å²) in [4.78, 5) is 9.22. The Morgan fingerprint density at radius 1 is 0.776 bits per heavy atom. The Bertz CT molecular complexity index is 2630. The molecule has 0 saturated carbocycles. The number of rotatable bonds is 6. The van der Waals surface area contributed by atoms with Crippen molar-refractivity contribution in [2.45, 2.75) is 35.5 Å². The van der Waals surface area contributed by atoms with Crippen molar-refractivity contribution in [2.75, 3.05) is 13.1 Å². The fourth-order valence-electron chi connectivity index (χ4n) is 7.18. The molecule has 0 fully saturated rings. The maximum absolute atomic E-state index is 12.8. The first-order valence-electron chi connectivity index (χ1n) is 15.4. The van der Waals surface area contributed by atoms with Gasteiger partial charge >= 0.3 is 0 Å². The van der Waals surface area contributed by atoms with E-state index in [2.05, 4.69) is 4.58 Å². The summed E-state index contributed by atoms with van der Waals surface area (Å²) in [5, 5.41) is 14.2. The van der Waals surface area contributed by atoms with Gasteiger partial charge in [-0.3, -0.25) is 19.2 Å². The zero-order chi connectivity index (χ0) is 34.2. The maximum Gasteiger partial charge on any atom is 0.295 e. The molecule has 0 bridgehead atoms. The highest BCUT2D eigenvalue weighted by atomic mass is 32.2. The highest BCUT2D eigenvalue weighted by Gasteiger charge is 2.33. The van der Waals surface area contributed by atoms with E-state index >= 15 is 0 Å². The van der Waals surface area contributed by atoms with E-state index in [1.165, 1.54) is 30.3 Å². The van der Waals surface area contributed by atoms with E-state index in [-0.39, 0.29) is 11.3 Å². The van der Waals surface area contributed by atoms with Gasteiger partial charge in [-0.2, -0.15) is 16.8 Å². The number of nitro groups is 1. The number of fused-ring (bicyclic) bond motifs is 5. The fourth-order valence-corrected chi connectivity index (χ4v) is 8.48. The Balaban J connectivity index is 1.38. The minimum absolute atomic E-state index is 0.0498. The van der Waals surface area contributed by atoms with Crippen LogP contribution in [0.3, 0.4) is 0 Å². The zero-order valence-corrected chi connectivity index (χ0v) is 27.3. The third-order valence-electron chi connectivity index (χ3n) is 9.24. The summed E-state index contributed by atoms with van der Waals surface area (Å²) in [6.07, 6.45) is 3.39. The summed E-state index contributed by atoms with van der Waals surface area (Å²) in [5.41, 5.74) is 3.04. The largest absolute Gasteiger partial charge is 0.457 e. The van der Waals surface area contributed by atoms with Crippen molar-refractivity contribution in [1.82, 2.24) is 4.58 Å². The van der Waals surface area contributed by atoms with Gasteiger partial charge in [-0.1, -0.05) is 12.1 Å². The summed E-state index contributed by atoms with van der Waals surface area (Å²) >= 11 is 0. The summed E-state index contributed by atoms with van der Waals surface area (Å²) in [5.74, 6) is 1.87. The summed E-state index contributed by atoms with van der Waals surface area (Å²) < 4.78 is 85.0. The third-order valence-corrected chi connectivity index (χ3v) is 11.0. The number of benzene rings is 5. The lowest BCUT2D eigenvalue weighted by atomic mass is 9.86. The van der Waals surface area contributed by atoms with Crippen LogP contribution in [0.2, 0.25) is 0 Å². The Morgan fingerprint density at radius 3 is 2.20 bits per heavy atom. The molecule has 14 heteroatoms. The highest BCUT2D eigenvalue weighted by molar-refractivity contribution is 7.86. The second-order valence-electron chi connectivity index (χ2n) is 12.2. The van der Waals surface area contributed by atoms with E-state index in [0.29, 0.717) is 44.7 Å². The van der Waals surface area contributed by atoms with Gasteiger partial charge in [0.25, 0.3) is 25.9 Å². The molecular weight excluding hydrogens is 673 g/mol. The highest BCUT2D eigenvalue weighted by Crippen LogP contribution is 2.44. The molecule has 2 N–H and O–H groups in total. The Labute approximate surface area is 279 Å². The van der Waals surface area contributed by atoms with Crippen LogP contribution in [0.4, 0.5) is 5.69 Å². The topological polar surface area (TPSA) is 173 Å². The second kappa shape index (κ2) is 11.2. The number of hydrogen-bond donors (Lipinski definition) is 2. The van der Waals surface area contributed by atoms with Crippen molar-refractivity contribution in [3.8, 4) is 23.0 Å². The first-order valence-corrected chi connectivity index (χ1v) is 18.3. The molecule has 0 amide bonds. The van der Waals surface area contributed by atoms with Gasteiger partial charge in [0.15, 0.2) is 0 Å². The van der Waals surface area contributed by atoms with Crippen molar-refractivity contribution < 1.29 is 40.3 Å². The quantitative estimate of drug-likeness (QED) is 0.107. The molecule has 8 rings (SSSR count). The minimum Gasteiger partial charge on any atom is -0.457 e. The monoisotopic (exact) mass is 699 g/mol. The van der Waals surface area contributed by atoms with Crippen LogP contribution in [0.5, 0.6) is 23.0 Å². The summed E-state index contributed by atoms with van der Waals surface area (Å²) in [6.45, 7) is 1.83. The van der Waals surface area contributed by atoms with Crippen LogP contribution in [0.15, 0.2) is 88.7 Å². The van der Waals surface area contributed by atoms with Crippen LogP contribution in [-0.2, 0) is 33.1 Å². The van der Waals surface area contributed by atoms with E-state index in [1.807, 2.05) is 12.1 Å². The first kappa shape index (κ1) is 31.1. The van der Waals surface area contributed by atoms with Gasteiger partial charge in [-0.15, -0.1) is 0 Å². The standard InChI is InChI=1S/C35H26N2O10S2/c38-37(39)22-6-8-23(9-7-22)46-24-10-13-26-20(17-24)5-12-28-32(27-14-11-25(48(40,41)42)19-31(27)49(43,44)45)30-18-21-3-1-15-36-16-2-4-29(33(21)36)35(30)47-34(26)28/h5-14,17-19H,1-4,15-16H2,(H-,40,41,42,43,44,45)/p+1. The first-order chi connectivity index (χ1) is 23.4. The molecule has 0 unspecified atom stereocenters. The molecule has 0 aliphatic carbocycles. The van der Waals surface area contributed by atoms with E-state index < -0.39 is 35.0 Å². The Morgan fingerprint density at radius 2 is 1.49 bits per heavy atom. The maximum atomic E-state index is 12.8. The molecule has 0 atom stereocenters. The van der Waals surface area contributed by atoms with Gasteiger partial charge in [0, 0.05) is 57.8 Å². The van der Waals surface area contributed by atoms with E-state index in [9.17, 15) is 36.1 Å². The lowest BCUT2D eigenvalue weighted by Crippen LogP contribution is -2.45. The van der Waals surface area contributed by atoms with Crippen LogP contribution in [0, 0.1) is 10.1 Å². The average molecular weight is 700 g/mol. The smallest absolute Gasteiger partial charge is 0.295 e. The molecule has 3 aliphatic heterocycles. The molecule has 248 valence electrons. The van der Waals surface area contributed by atoms with Gasteiger partial charge in [-0.05, 0) is 72.8 Å². The van der Waals surface area contributed by atoms with Crippen LogP contribution in [-0.4, -0.2) is 44.0 Å². The third kappa shape index (κ3) is 5.33. The van der Waals surface area contributed by atoms with Crippen molar-refractivity contribution in [3.05, 3.63) is 122 Å². The molecular formula is C35H27N2O10S2+. The van der Waals surface area contributed by atoms with Gasteiger partial charge < -0.3 is 9.47 Å². The van der Waals surface area contributed by atoms with Gasteiger partial charge in [-0.25, -0.2) is 4.58 Å². The van der Waals surface area contributed by atoms with Gasteiger partial charge in [0.05, 0.1) is 15.4 Å². The molecule has 5 aromatic rings. The molecule has 0 radical (unpaired) electrons. The summed E-state index contributed by atoms with van der Waals surface area (Å²) in [6, 6.07) is 19.8. The van der Waals surface area contributed by atoms with Crippen LogP contribution in [0.1, 0.15) is 35.1 Å². The average Bonchev–Trinajstić information content (AvgIpc) is 3.07. The molecule has 12 nitrogen and oxygen atoms in total. The molecule has 0 aromatic heterocycles. The number of ether oxygens (including phenoxy) is 2. The van der Waals surface area contributed by atoms with Crippen LogP contribution in [0.25, 0.3) is 16.3 Å². The lowest BCUT2D eigenvalue weighted by molar-refractivity contribution is -0.384. The Hall–Kier alpha value is -5.15. The van der Waals surface area contributed by atoms with Crippen molar-refractivity contribution in [3.63, 3.8) is 0 Å².